The van der Waals surface area contributed by atoms with E-state index in [1.54, 1.807) is 6.07 Å². The number of rotatable bonds is 3. The molecule has 5 rings (SSSR count). The van der Waals surface area contributed by atoms with Gasteiger partial charge in [-0.3, -0.25) is 4.79 Å². The molecular formula is C24H30O9. The molecule has 33 heavy (non-hydrogen) atoms. The molecule has 2 saturated carbocycles. The summed E-state index contributed by atoms with van der Waals surface area (Å²) in [5.74, 6) is -0.195. The van der Waals surface area contributed by atoms with E-state index < -0.39 is 36.7 Å². The van der Waals surface area contributed by atoms with Gasteiger partial charge >= 0.3 is 5.97 Å². The molecule has 3 fully saturated rings. The fraction of sp³-hybridized carbons (Fsp3) is 0.667. The molecule has 9 heteroatoms. The van der Waals surface area contributed by atoms with Gasteiger partial charge in [0.25, 0.3) is 0 Å². The molecule has 3 aliphatic carbocycles. The monoisotopic (exact) mass is 462 g/mol. The molecule has 1 aliphatic heterocycles. The lowest BCUT2D eigenvalue weighted by Gasteiger charge is -2.48. The van der Waals surface area contributed by atoms with E-state index in [0.717, 1.165) is 36.8 Å². The maximum atomic E-state index is 12.5. The van der Waals surface area contributed by atoms with Crippen molar-refractivity contribution in [2.75, 3.05) is 0 Å². The summed E-state index contributed by atoms with van der Waals surface area (Å²) in [6.07, 6.45) is -3.88. The minimum atomic E-state index is -1.81. The van der Waals surface area contributed by atoms with Crippen LogP contribution in [0.2, 0.25) is 0 Å². The van der Waals surface area contributed by atoms with Gasteiger partial charge in [-0.05, 0) is 61.5 Å². The number of carboxylic acids is 1. The van der Waals surface area contributed by atoms with Crippen molar-refractivity contribution in [3.8, 4) is 11.5 Å². The van der Waals surface area contributed by atoms with Crippen molar-refractivity contribution in [3.63, 3.8) is 0 Å². The number of benzene rings is 1. The van der Waals surface area contributed by atoms with Crippen LogP contribution in [0.25, 0.3) is 0 Å². The molecule has 0 unspecified atom stereocenters. The van der Waals surface area contributed by atoms with Crippen molar-refractivity contribution < 1.29 is 44.6 Å². The Labute approximate surface area is 190 Å². The van der Waals surface area contributed by atoms with Crippen LogP contribution in [0.15, 0.2) is 12.1 Å². The van der Waals surface area contributed by atoms with Gasteiger partial charge in [-0.2, -0.15) is 0 Å². The molecule has 9 nitrogen and oxygen atoms in total. The second-order valence-corrected chi connectivity index (χ2v) is 10.2. The molecule has 9 atom stereocenters. The van der Waals surface area contributed by atoms with Crippen molar-refractivity contribution >= 4 is 11.8 Å². The number of carbonyl (C=O) groups excluding carboxylic acids is 1. The highest BCUT2D eigenvalue weighted by Crippen LogP contribution is 2.60. The van der Waals surface area contributed by atoms with E-state index in [2.05, 4.69) is 6.92 Å². The van der Waals surface area contributed by atoms with Gasteiger partial charge in [0, 0.05) is 17.4 Å². The number of aliphatic hydroxyl groups is 3. The zero-order chi connectivity index (χ0) is 23.7. The zero-order valence-electron chi connectivity index (χ0n) is 18.4. The summed E-state index contributed by atoms with van der Waals surface area (Å²) >= 11 is 0. The lowest BCUT2D eigenvalue weighted by atomic mass is 9.55. The van der Waals surface area contributed by atoms with Crippen molar-refractivity contribution in [2.45, 2.75) is 82.1 Å². The van der Waals surface area contributed by atoms with E-state index in [9.17, 15) is 35.1 Å². The highest BCUT2D eigenvalue weighted by Gasteiger charge is 2.55. The summed E-state index contributed by atoms with van der Waals surface area (Å²) in [4.78, 5) is 23.8. The summed E-state index contributed by atoms with van der Waals surface area (Å²) in [6.45, 7) is 2.11. The fourth-order valence-corrected chi connectivity index (χ4v) is 6.77. The molecule has 0 radical (unpaired) electrons. The second-order valence-electron chi connectivity index (χ2n) is 10.2. The van der Waals surface area contributed by atoms with Gasteiger partial charge in [-0.1, -0.05) is 13.0 Å². The Morgan fingerprint density at radius 2 is 1.85 bits per heavy atom. The van der Waals surface area contributed by atoms with E-state index in [1.165, 1.54) is 0 Å². The predicted molar refractivity (Wildman–Crippen MR) is 113 cm³/mol. The van der Waals surface area contributed by atoms with Gasteiger partial charge in [0.2, 0.25) is 6.29 Å². The highest BCUT2D eigenvalue weighted by atomic mass is 16.7. The maximum absolute atomic E-state index is 12.5. The first-order valence-corrected chi connectivity index (χ1v) is 11.6. The number of phenols is 1. The van der Waals surface area contributed by atoms with Crippen LogP contribution >= 0.6 is 0 Å². The summed E-state index contributed by atoms with van der Waals surface area (Å²) in [7, 11) is 0. The number of carbonyl (C=O) groups is 2. The smallest absolute Gasteiger partial charge is 0.335 e. The first kappa shape index (κ1) is 22.6. The third kappa shape index (κ3) is 3.36. The first-order chi connectivity index (χ1) is 15.6. The summed E-state index contributed by atoms with van der Waals surface area (Å²) in [6, 6.07) is 3.45. The average Bonchev–Trinajstić information content (AvgIpc) is 3.09. The first-order valence-electron chi connectivity index (χ1n) is 11.6. The summed E-state index contributed by atoms with van der Waals surface area (Å²) in [5, 5.41) is 50.3. The number of aliphatic carboxylic acids is 1. The Hall–Kier alpha value is -2.20. The maximum Gasteiger partial charge on any atom is 0.335 e. The molecule has 5 N–H and O–H groups in total. The normalized spacial score (nSPS) is 42.2. The van der Waals surface area contributed by atoms with E-state index in [4.69, 9.17) is 9.47 Å². The molecular weight excluding hydrogens is 432 g/mol. The number of carboxylic acid groups (broad SMARTS) is 1. The predicted octanol–water partition coefficient (Wildman–Crippen LogP) is 1.09. The summed E-state index contributed by atoms with van der Waals surface area (Å²) < 4.78 is 10.8. The Kier molecular flexibility index (Phi) is 5.43. The van der Waals surface area contributed by atoms with Gasteiger partial charge in [0.05, 0.1) is 0 Å². The Balaban J connectivity index is 1.39. The Bertz CT molecular complexity index is 977. The van der Waals surface area contributed by atoms with Gasteiger partial charge in [0.1, 0.15) is 24.1 Å². The van der Waals surface area contributed by atoms with Crippen LogP contribution in [-0.4, -0.2) is 68.0 Å². The third-order valence-electron chi connectivity index (χ3n) is 8.61. The van der Waals surface area contributed by atoms with Crippen LogP contribution in [-0.2, 0) is 20.7 Å². The SMILES string of the molecule is C[C@]12CC[C@@H]3c4ccc(O[C@@H]5O[C@H](C(=O)O)[C@@H](O)[C@H](O)[C@H]5O)c(O)c4CC[C@H]3[C@@H]1CCC2=O. The number of aromatic hydroxyl groups is 1. The van der Waals surface area contributed by atoms with E-state index >= 15 is 0 Å². The van der Waals surface area contributed by atoms with Crippen LogP contribution in [0.5, 0.6) is 11.5 Å². The molecule has 1 aromatic carbocycles. The molecule has 0 amide bonds. The second kappa shape index (κ2) is 7.94. The van der Waals surface area contributed by atoms with Crippen LogP contribution in [0.4, 0.5) is 0 Å². The number of Topliss-reactive ketones (excluding diaryl/α,β-unsaturated/α-hetero) is 1. The molecule has 4 aliphatic rings. The third-order valence-corrected chi connectivity index (χ3v) is 8.61. The Morgan fingerprint density at radius 3 is 2.58 bits per heavy atom. The topological polar surface area (TPSA) is 154 Å². The molecule has 1 heterocycles. The van der Waals surface area contributed by atoms with Crippen LogP contribution in [0.3, 0.4) is 0 Å². The van der Waals surface area contributed by atoms with Gasteiger partial charge in [-0.25, -0.2) is 4.79 Å². The lowest BCUT2D eigenvalue weighted by Crippen LogP contribution is -2.61. The number of hydrogen-bond acceptors (Lipinski definition) is 8. The van der Waals surface area contributed by atoms with Gasteiger partial charge in [0.15, 0.2) is 17.6 Å². The van der Waals surface area contributed by atoms with E-state index in [1.807, 2.05) is 6.07 Å². The quantitative estimate of drug-likeness (QED) is 0.444. The van der Waals surface area contributed by atoms with Crippen LogP contribution in [0, 0.1) is 17.3 Å². The number of fused-ring (bicyclic) bond motifs is 5. The minimum Gasteiger partial charge on any atom is -0.504 e. The van der Waals surface area contributed by atoms with Gasteiger partial charge < -0.3 is 35.0 Å². The lowest BCUT2D eigenvalue weighted by molar-refractivity contribution is -0.271. The minimum absolute atomic E-state index is 0.0145. The fourth-order valence-electron chi connectivity index (χ4n) is 6.77. The largest absolute Gasteiger partial charge is 0.504 e. The molecule has 1 aromatic rings. The highest BCUT2D eigenvalue weighted by molar-refractivity contribution is 5.87. The van der Waals surface area contributed by atoms with E-state index in [-0.39, 0.29) is 22.8 Å². The number of phenolic OH excluding ortho intramolecular Hbond substituents is 1. The zero-order valence-corrected chi connectivity index (χ0v) is 18.4. The van der Waals surface area contributed by atoms with Crippen molar-refractivity contribution in [1.82, 2.24) is 0 Å². The van der Waals surface area contributed by atoms with Crippen molar-refractivity contribution in [2.24, 2.45) is 17.3 Å². The number of aliphatic hydroxyl groups excluding tert-OH is 3. The standard InChI is InChI=1S/C24H30O9/c1-24-9-8-11-10-4-6-15(32-23-20(29)18(27)19(28)21(33-23)22(30)31)17(26)13(10)3-2-12(11)14(24)5-7-16(24)25/h4,6,11-12,14,18-21,23,26-29H,2-3,5,7-9H2,1H3,(H,30,31)/t11-,12-,14+,18+,19+,20-,21+,23-,24+/m1/s1. The van der Waals surface area contributed by atoms with Crippen molar-refractivity contribution in [3.05, 3.63) is 23.3 Å². The molecule has 1 saturated heterocycles. The van der Waals surface area contributed by atoms with Crippen LogP contribution < -0.4 is 4.74 Å². The molecule has 0 spiro atoms. The van der Waals surface area contributed by atoms with Crippen molar-refractivity contribution in [1.29, 1.82) is 0 Å². The van der Waals surface area contributed by atoms with Gasteiger partial charge in [-0.15, -0.1) is 0 Å². The number of ether oxygens (including phenoxy) is 2. The van der Waals surface area contributed by atoms with Crippen LogP contribution in [0.1, 0.15) is 56.1 Å². The Morgan fingerprint density at radius 1 is 1.09 bits per heavy atom. The number of hydrogen-bond donors (Lipinski definition) is 5. The number of ketones is 1. The molecule has 0 aromatic heterocycles. The molecule has 0 bridgehead atoms. The average molecular weight is 462 g/mol. The molecule has 180 valence electrons. The summed E-state index contributed by atoms with van der Waals surface area (Å²) in [5.41, 5.74) is 1.56. The van der Waals surface area contributed by atoms with E-state index in [0.29, 0.717) is 30.5 Å².